The van der Waals surface area contributed by atoms with E-state index in [1.54, 1.807) is 6.34 Å². The number of hydrogen-bond donors (Lipinski definition) is 0. The minimum atomic E-state index is -0.0460. The Balaban J connectivity index is 2.74. The van der Waals surface area contributed by atoms with Gasteiger partial charge in [0.25, 0.3) is 0 Å². The molecule has 1 aromatic heterocycles. The molecule has 0 radical (unpaired) electrons. The molecule has 0 amide bonds. The van der Waals surface area contributed by atoms with E-state index in [4.69, 9.17) is 9.47 Å². The van der Waals surface area contributed by atoms with Gasteiger partial charge in [0, 0.05) is 20.2 Å². The summed E-state index contributed by atoms with van der Waals surface area (Å²) in [5, 5.41) is 0. The van der Waals surface area contributed by atoms with Crippen LogP contribution in [0.3, 0.4) is 0 Å². The van der Waals surface area contributed by atoms with E-state index in [2.05, 4.69) is 39.8 Å². The van der Waals surface area contributed by atoms with Crippen molar-refractivity contribution >= 4 is 28.0 Å². The molecule has 1 aromatic rings. The molecule has 0 aliphatic heterocycles. The van der Waals surface area contributed by atoms with E-state index < -0.39 is 0 Å². The Labute approximate surface area is 141 Å². The first-order valence-electron chi connectivity index (χ1n) is 7.63. The number of halogens is 1. The van der Waals surface area contributed by atoms with Gasteiger partial charge in [-0.3, -0.25) is 0 Å². The standard InChI is InChI=1S/C16H26BrN3O2/c1-6-8-21-10-12(3)22-16-14(17)9-15(13(4)19-16)18-11-20(5)7-2/h9,11-12H,6-8,10H2,1-5H3/b18-11+/t12-/m0/s1. The first-order valence-corrected chi connectivity index (χ1v) is 8.43. The minimum Gasteiger partial charge on any atom is -0.471 e. The maximum absolute atomic E-state index is 5.83. The average Bonchev–Trinajstić information content (AvgIpc) is 2.49. The van der Waals surface area contributed by atoms with Crippen LogP contribution in [-0.2, 0) is 4.74 Å². The number of rotatable bonds is 9. The number of aryl methyl sites for hydroxylation is 1. The third-order valence-corrected chi connectivity index (χ3v) is 3.58. The van der Waals surface area contributed by atoms with E-state index in [1.165, 1.54) is 0 Å². The van der Waals surface area contributed by atoms with Gasteiger partial charge in [-0.15, -0.1) is 0 Å². The van der Waals surface area contributed by atoms with Gasteiger partial charge in [-0.05, 0) is 49.2 Å². The smallest absolute Gasteiger partial charge is 0.228 e. The van der Waals surface area contributed by atoms with Gasteiger partial charge in [-0.1, -0.05) is 6.92 Å². The van der Waals surface area contributed by atoms with E-state index in [0.717, 1.165) is 35.4 Å². The zero-order valence-corrected chi connectivity index (χ0v) is 15.7. The highest BCUT2D eigenvalue weighted by Crippen LogP contribution is 2.30. The molecule has 1 atom stereocenters. The number of pyridine rings is 1. The fourth-order valence-electron chi connectivity index (χ4n) is 1.62. The lowest BCUT2D eigenvalue weighted by Crippen LogP contribution is -2.20. The second-order valence-corrected chi connectivity index (χ2v) is 6.06. The lowest BCUT2D eigenvalue weighted by atomic mass is 10.3. The molecule has 0 spiro atoms. The molecule has 0 aliphatic rings. The fraction of sp³-hybridized carbons (Fsp3) is 0.625. The van der Waals surface area contributed by atoms with Crippen LogP contribution in [0.15, 0.2) is 15.5 Å². The normalized spacial score (nSPS) is 12.6. The summed E-state index contributed by atoms with van der Waals surface area (Å²) >= 11 is 3.50. The molecule has 0 saturated heterocycles. The summed E-state index contributed by atoms with van der Waals surface area (Å²) in [5.41, 5.74) is 1.66. The van der Waals surface area contributed by atoms with Crippen LogP contribution >= 0.6 is 15.9 Å². The molecule has 0 bridgehead atoms. The molecule has 0 fully saturated rings. The Morgan fingerprint density at radius 2 is 2.18 bits per heavy atom. The van der Waals surface area contributed by atoms with E-state index in [-0.39, 0.29) is 6.10 Å². The molecule has 0 aromatic carbocycles. The quantitative estimate of drug-likeness (QED) is 0.374. The van der Waals surface area contributed by atoms with Crippen LogP contribution in [0.2, 0.25) is 0 Å². The van der Waals surface area contributed by atoms with Gasteiger partial charge in [0.2, 0.25) is 5.88 Å². The monoisotopic (exact) mass is 371 g/mol. The molecule has 124 valence electrons. The van der Waals surface area contributed by atoms with E-state index in [0.29, 0.717) is 12.5 Å². The van der Waals surface area contributed by atoms with Gasteiger partial charge < -0.3 is 14.4 Å². The van der Waals surface area contributed by atoms with Gasteiger partial charge in [-0.2, -0.15) is 0 Å². The van der Waals surface area contributed by atoms with E-state index >= 15 is 0 Å². The third kappa shape index (κ3) is 6.32. The second kappa shape index (κ2) is 9.79. The minimum absolute atomic E-state index is 0.0460. The predicted molar refractivity (Wildman–Crippen MR) is 94.3 cm³/mol. The molecule has 6 heteroatoms. The highest BCUT2D eigenvalue weighted by molar-refractivity contribution is 9.10. The molecule has 22 heavy (non-hydrogen) atoms. The van der Waals surface area contributed by atoms with Crippen LogP contribution in [0, 0.1) is 6.92 Å². The van der Waals surface area contributed by atoms with Crippen molar-refractivity contribution in [2.75, 3.05) is 26.8 Å². The van der Waals surface area contributed by atoms with Crippen LogP contribution < -0.4 is 4.74 Å². The number of hydrogen-bond acceptors (Lipinski definition) is 4. The van der Waals surface area contributed by atoms with Crippen molar-refractivity contribution in [1.29, 1.82) is 0 Å². The van der Waals surface area contributed by atoms with E-state index in [9.17, 15) is 0 Å². The van der Waals surface area contributed by atoms with Crippen molar-refractivity contribution < 1.29 is 9.47 Å². The van der Waals surface area contributed by atoms with Crippen molar-refractivity contribution in [1.82, 2.24) is 9.88 Å². The summed E-state index contributed by atoms with van der Waals surface area (Å²) in [6.45, 7) is 10.3. The Morgan fingerprint density at radius 1 is 1.45 bits per heavy atom. The highest BCUT2D eigenvalue weighted by Gasteiger charge is 2.12. The Bertz CT molecular complexity index is 495. The second-order valence-electron chi connectivity index (χ2n) is 5.20. The SMILES string of the molecule is CCCOC[C@H](C)Oc1nc(C)c(/N=C/N(C)CC)cc1Br. The number of ether oxygens (including phenoxy) is 2. The fourth-order valence-corrected chi connectivity index (χ4v) is 2.02. The maximum atomic E-state index is 5.83. The molecule has 0 N–H and O–H groups in total. The first-order chi connectivity index (χ1) is 10.5. The number of nitrogens with zero attached hydrogens (tertiary/aromatic N) is 3. The van der Waals surface area contributed by atoms with Gasteiger partial charge in [0.05, 0.1) is 28.8 Å². The lowest BCUT2D eigenvalue weighted by molar-refractivity contribution is 0.0563. The Kier molecular flexibility index (Phi) is 8.42. The third-order valence-electron chi connectivity index (χ3n) is 3.01. The van der Waals surface area contributed by atoms with Crippen LogP contribution in [0.5, 0.6) is 5.88 Å². The summed E-state index contributed by atoms with van der Waals surface area (Å²) < 4.78 is 12.1. The molecular formula is C16H26BrN3O2. The van der Waals surface area contributed by atoms with Gasteiger partial charge in [0.1, 0.15) is 6.10 Å². The Morgan fingerprint density at radius 3 is 2.82 bits per heavy atom. The molecule has 1 rings (SSSR count). The van der Waals surface area contributed by atoms with Crippen molar-refractivity contribution in [2.45, 2.75) is 40.2 Å². The highest BCUT2D eigenvalue weighted by atomic mass is 79.9. The summed E-state index contributed by atoms with van der Waals surface area (Å²) in [6, 6.07) is 1.93. The van der Waals surface area contributed by atoms with Crippen LogP contribution in [0.25, 0.3) is 0 Å². The van der Waals surface area contributed by atoms with Crippen molar-refractivity contribution in [3.8, 4) is 5.88 Å². The van der Waals surface area contributed by atoms with Crippen LogP contribution in [-0.4, -0.2) is 49.1 Å². The molecule has 5 nitrogen and oxygen atoms in total. The predicted octanol–water partition coefficient (Wildman–Crippen LogP) is 3.96. The summed E-state index contributed by atoms with van der Waals surface area (Å²) in [5.74, 6) is 0.577. The first kappa shape index (κ1) is 18.9. The van der Waals surface area contributed by atoms with Gasteiger partial charge >= 0.3 is 0 Å². The van der Waals surface area contributed by atoms with Crippen molar-refractivity contribution in [3.63, 3.8) is 0 Å². The topological polar surface area (TPSA) is 47.0 Å². The van der Waals surface area contributed by atoms with Crippen LogP contribution in [0.4, 0.5) is 5.69 Å². The molecule has 0 saturated carbocycles. The van der Waals surface area contributed by atoms with Gasteiger partial charge in [-0.25, -0.2) is 9.98 Å². The molecule has 1 heterocycles. The van der Waals surface area contributed by atoms with Crippen molar-refractivity contribution in [3.05, 3.63) is 16.2 Å². The van der Waals surface area contributed by atoms with E-state index in [1.807, 2.05) is 31.9 Å². The molecule has 0 unspecified atom stereocenters. The lowest BCUT2D eigenvalue weighted by Gasteiger charge is -2.16. The van der Waals surface area contributed by atoms with Crippen LogP contribution in [0.1, 0.15) is 32.9 Å². The zero-order chi connectivity index (χ0) is 16.5. The number of aliphatic imine (C=N–C) groups is 1. The summed E-state index contributed by atoms with van der Waals surface area (Å²) in [6.07, 6.45) is 2.76. The zero-order valence-electron chi connectivity index (χ0n) is 14.1. The molecular weight excluding hydrogens is 346 g/mol. The van der Waals surface area contributed by atoms with Gasteiger partial charge in [0.15, 0.2) is 0 Å². The average molecular weight is 372 g/mol. The molecule has 0 aliphatic carbocycles. The Hall–Kier alpha value is -1.14. The summed E-state index contributed by atoms with van der Waals surface area (Å²) in [7, 11) is 1.98. The summed E-state index contributed by atoms with van der Waals surface area (Å²) in [4.78, 5) is 10.9. The maximum Gasteiger partial charge on any atom is 0.228 e. The number of aromatic nitrogens is 1. The van der Waals surface area contributed by atoms with Crippen molar-refractivity contribution in [2.24, 2.45) is 4.99 Å². The largest absolute Gasteiger partial charge is 0.471 e.